The molecule has 1 fully saturated rings. The summed E-state index contributed by atoms with van der Waals surface area (Å²) in [7, 11) is 2.08. The maximum Gasteiger partial charge on any atom is 0.255 e. The SMILES string of the molecule is CN1CCN(C(=O)c2cnc3[nH]cc(-c4ccc5cccnc5c4)c3c2)CC1.[HH]. The number of carbonyl (C=O) groups excluding carboxylic acids is 1. The van der Waals surface area contributed by atoms with E-state index in [2.05, 4.69) is 51.2 Å². The van der Waals surface area contributed by atoms with E-state index in [0.29, 0.717) is 5.56 Å². The first-order chi connectivity index (χ1) is 13.7. The molecule has 0 saturated carbocycles. The molecule has 1 aliphatic rings. The van der Waals surface area contributed by atoms with Gasteiger partial charge in [0, 0.05) is 62.5 Å². The van der Waals surface area contributed by atoms with E-state index < -0.39 is 0 Å². The number of nitrogens with one attached hydrogen (secondary N) is 1. The molecule has 6 heteroatoms. The number of nitrogens with zero attached hydrogens (tertiary/aromatic N) is 4. The number of likely N-dealkylation sites (N-methyl/N-ethyl adjacent to an activating group) is 1. The van der Waals surface area contributed by atoms with E-state index in [1.54, 1.807) is 12.4 Å². The highest BCUT2D eigenvalue weighted by atomic mass is 16.2. The van der Waals surface area contributed by atoms with E-state index in [1.165, 1.54) is 0 Å². The summed E-state index contributed by atoms with van der Waals surface area (Å²) in [6, 6.07) is 12.2. The minimum Gasteiger partial charge on any atom is -0.346 e. The van der Waals surface area contributed by atoms with Gasteiger partial charge in [-0.15, -0.1) is 0 Å². The van der Waals surface area contributed by atoms with Gasteiger partial charge in [-0.25, -0.2) is 4.98 Å². The van der Waals surface area contributed by atoms with Gasteiger partial charge in [0.15, 0.2) is 0 Å². The highest BCUT2D eigenvalue weighted by Gasteiger charge is 2.21. The highest BCUT2D eigenvalue weighted by molar-refractivity contribution is 6.01. The highest BCUT2D eigenvalue weighted by Crippen LogP contribution is 2.30. The Morgan fingerprint density at radius 1 is 1.11 bits per heavy atom. The molecule has 4 aromatic rings. The van der Waals surface area contributed by atoms with Gasteiger partial charge in [0.2, 0.25) is 0 Å². The van der Waals surface area contributed by atoms with E-state index >= 15 is 0 Å². The first-order valence-electron chi connectivity index (χ1n) is 9.49. The summed E-state index contributed by atoms with van der Waals surface area (Å²) in [6.45, 7) is 3.31. The van der Waals surface area contributed by atoms with Crippen LogP contribution in [0.4, 0.5) is 0 Å². The molecule has 0 atom stereocenters. The van der Waals surface area contributed by atoms with Gasteiger partial charge < -0.3 is 14.8 Å². The molecule has 0 aliphatic carbocycles. The van der Waals surface area contributed by atoms with Crippen molar-refractivity contribution in [1.82, 2.24) is 24.8 Å². The number of aromatic nitrogens is 3. The van der Waals surface area contributed by atoms with Crippen molar-refractivity contribution in [2.45, 2.75) is 0 Å². The minimum atomic E-state index is 0. The number of pyridine rings is 2. The number of H-pyrrole nitrogens is 1. The number of benzene rings is 1. The number of hydrogen-bond acceptors (Lipinski definition) is 4. The molecule has 3 aromatic heterocycles. The lowest BCUT2D eigenvalue weighted by atomic mass is 10.0. The monoisotopic (exact) mass is 373 g/mol. The van der Waals surface area contributed by atoms with Gasteiger partial charge in [-0.3, -0.25) is 9.78 Å². The zero-order valence-corrected chi connectivity index (χ0v) is 15.7. The Hall–Kier alpha value is -3.25. The second kappa shape index (κ2) is 6.73. The first-order valence-corrected chi connectivity index (χ1v) is 9.49. The molecule has 1 N–H and O–H groups in total. The second-order valence-electron chi connectivity index (χ2n) is 7.33. The normalized spacial score (nSPS) is 15.4. The molecule has 0 spiro atoms. The lowest BCUT2D eigenvalue weighted by Gasteiger charge is -2.32. The van der Waals surface area contributed by atoms with E-state index in [1.807, 2.05) is 23.2 Å². The van der Waals surface area contributed by atoms with Crippen molar-refractivity contribution in [3.63, 3.8) is 0 Å². The fourth-order valence-electron chi connectivity index (χ4n) is 3.79. The van der Waals surface area contributed by atoms with Gasteiger partial charge in [0.05, 0.1) is 11.1 Å². The Kier molecular flexibility index (Phi) is 4.06. The molecular formula is C22H23N5O. The summed E-state index contributed by atoms with van der Waals surface area (Å²) in [5.41, 5.74) is 4.46. The average Bonchev–Trinajstić information content (AvgIpc) is 3.16. The van der Waals surface area contributed by atoms with Crippen LogP contribution in [0.5, 0.6) is 0 Å². The van der Waals surface area contributed by atoms with Gasteiger partial charge in [-0.05, 0) is 30.8 Å². The number of fused-ring (bicyclic) bond motifs is 2. The predicted molar refractivity (Wildman–Crippen MR) is 112 cm³/mol. The summed E-state index contributed by atoms with van der Waals surface area (Å²) in [6.07, 6.45) is 5.42. The summed E-state index contributed by atoms with van der Waals surface area (Å²) in [5, 5.41) is 2.06. The van der Waals surface area contributed by atoms with E-state index in [-0.39, 0.29) is 7.33 Å². The molecule has 0 unspecified atom stereocenters. The fraction of sp³-hybridized carbons (Fsp3) is 0.227. The van der Waals surface area contributed by atoms with Crippen LogP contribution in [0.25, 0.3) is 33.1 Å². The van der Waals surface area contributed by atoms with Crippen LogP contribution in [-0.2, 0) is 0 Å². The van der Waals surface area contributed by atoms with E-state index in [9.17, 15) is 4.79 Å². The number of piperazine rings is 1. The van der Waals surface area contributed by atoms with Crippen LogP contribution < -0.4 is 0 Å². The topological polar surface area (TPSA) is 65.1 Å². The van der Waals surface area contributed by atoms with Gasteiger partial charge in [0.1, 0.15) is 5.65 Å². The lowest BCUT2D eigenvalue weighted by Crippen LogP contribution is -2.47. The van der Waals surface area contributed by atoms with Crippen molar-refractivity contribution >= 4 is 27.8 Å². The minimum absolute atomic E-state index is 0. The fourth-order valence-corrected chi connectivity index (χ4v) is 3.79. The third-order valence-corrected chi connectivity index (χ3v) is 5.49. The van der Waals surface area contributed by atoms with E-state index in [0.717, 1.165) is 59.2 Å². The van der Waals surface area contributed by atoms with Crippen LogP contribution in [0, 0.1) is 0 Å². The maximum absolute atomic E-state index is 12.9. The average molecular weight is 373 g/mol. The predicted octanol–water partition coefficient (Wildman–Crippen LogP) is 3.41. The largest absolute Gasteiger partial charge is 0.346 e. The van der Waals surface area contributed by atoms with Crippen LogP contribution in [-0.4, -0.2) is 63.9 Å². The second-order valence-corrected chi connectivity index (χ2v) is 7.33. The van der Waals surface area contributed by atoms with Crippen molar-refractivity contribution in [1.29, 1.82) is 0 Å². The molecule has 1 aliphatic heterocycles. The number of rotatable bonds is 2. The molecule has 0 radical (unpaired) electrons. The molecule has 1 aromatic carbocycles. The van der Waals surface area contributed by atoms with Gasteiger partial charge >= 0.3 is 0 Å². The molecule has 4 heterocycles. The van der Waals surface area contributed by atoms with Crippen molar-refractivity contribution < 1.29 is 6.22 Å². The molecule has 1 amide bonds. The molecule has 1 saturated heterocycles. The Bertz CT molecular complexity index is 1180. The zero-order valence-electron chi connectivity index (χ0n) is 15.7. The molecule has 0 bridgehead atoms. The van der Waals surface area contributed by atoms with Crippen molar-refractivity contribution in [2.24, 2.45) is 0 Å². The molecule has 6 nitrogen and oxygen atoms in total. The third-order valence-electron chi connectivity index (χ3n) is 5.49. The summed E-state index contributed by atoms with van der Waals surface area (Å²) >= 11 is 0. The third kappa shape index (κ3) is 2.92. The van der Waals surface area contributed by atoms with Gasteiger partial charge in [-0.2, -0.15) is 0 Å². The quantitative estimate of drug-likeness (QED) is 0.585. The zero-order chi connectivity index (χ0) is 19.1. The van der Waals surface area contributed by atoms with Crippen LogP contribution in [0.2, 0.25) is 0 Å². The van der Waals surface area contributed by atoms with Crippen LogP contribution in [0.15, 0.2) is 55.0 Å². The number of aromatic amines is 1. The molecular weight excluding hydrogens is 350 g/mol. The maximum atomic E-state index is 12.9. The van der Waals surface area contributed by atoms with Crippen LogP contribution in [0.3, 0.4) is 0 Å². The Labute approximate surface area is 164 Å². The molecule has 28 heavy (non-hydrogen) atoms. The number of amides is 1. The first kappa shape index (κ1) is 16.9. The standard InChI is InChI=1S/C22H21N5O.H2/c1-26-7-9-27(10-8-26)22(28)17-11-18-19(14-25-21(18)24-13-17)16-5-4-15-3-2-6-23-20(15)12-16;/h2-6,11-14H,7-10H2,1H3,(H,24,25);1H. The smallest absolute Gasteiger partial charge is 0.255 e. The van der Waals surface area contributed by atoms with Gasteiger partial charge in [-0.1, -0.05) is 18.2 Å². The molecule has 5 rings (SSSR count). The Morgan fingerprint density at radius 2 is 1.96 bits per heavy atom. The lowest BCUT2D eigenvalue weighted by molar-refractivity contribution is 0.0664. The Morgan fingerprint density at radius 3 is 2.82 bits per heavy atom. The summed E-state index contributed by atoms with van der Waals surface area (Å²) in [5.74, 6) is 0.0508. The summed E-state index contributed by atoms with van der Waals surface area (Å²) < 4.78 is 0. The van der Waals surface area contributed by atoms with Crippen molar-refractivity contribution in [3.05, 3.63) is 60.6 Å². The number of carbonyl (C=O) groups is 1. The summed E-state index contributed by atoms with van der Waals surface area (Å²) in [4.78, 5) is 29.3. The van der Waals surface area contributed by atoms with Crippen molar-refractivity contribution in [2.75, 3.05) is 33.2 Å². The van der Waals surface area contributed by atoms with Crippen LogP contribution >= 0.6 is 0 Å². The van der Waals surface area contributed by atoms with Crippen molar-refractivity contribution in [3.8, 4) is 11.1 Å². The van der Waals surface area contributed by atoms with E-state index in [4.69, 9.17) is 0 Å². The molecule has 142 valence electrons. The van der Waals surface area contributed by atoms with Gasteiger partial charge in [0.25, 0.3) is 5.91 Å². The van der Waals surface area contributed by atoms with Crippen LogP contribution in [0.1, 0.15) is 11.8 Å². The Balaban J connectivity index is 0.00000205. The number of hydrogen-bond donors (Lipinski definition) is 1.